The Morgan fingerprint density at radius 3 is 2.54 bits per heavy atom. The average molecular weight is 399 g/mol. The van der Waals surface area contributed by atoms with E-state index in [1.54, 1.807) is 6.92 Å². The third-order valence-electron chi connectivity index (χ3n) is 3.81. The molecule has 0 unspecified atom stereocenters. The molecule has 154 valence electrons. The van der Waals surface area contributed by atoms with Crippen LogP contribution in [-0.4, -0.2) is 22.7 Å². The zero-order chi connectivity index (χ0) is 20.9. The third-order valence-corrected chi connectivity index (χ3v) is 3.81. The minimum atomic E-state index is -4.51. The van der Waals surface area contributed by atoms with Crippen molar-refractivity contribution in [2.24, 2.45) is 0 Å². The number of benzene rings is 1. The molecule has 0 atom stereocenters. The molecule has 2 rings (SSSR count). The third kappa shape index (κ3) is 5.97. The Kier molecular flexibility index (Phi) is 6.69. The maximum absolute atomic E-state index is 12.9. The van der Waals surface area contributed by atoms with E-state index >= 15 is 0 Å². The summed E-state index contributed by atoms with van der Waals surface area (Å²) in [6.07, 6.45) is -3.60. The number of ether oxygens (including phenoxy) is 1. The van der Waals surface area contributed by atoms with Crippen molar-refractivity contribution in [1.82, 2.24) is 10.1 Å². The molecule has 6 nitrogen and oxygen atoms in total. The van der Waals surface area contributed by atoms with Crippen molar-refractivity contribution < 1.29 is 27.2 Å². The standard InChI is InChI=1S/C19H24F3N3O3/c1-5-27-14-10-9-12(19(20,21)22)11-13(14)23-15(26)7-6-8-16-24-17(25-28-16)18(2,3)4/h9-11H,5-8H2,1-4H3,(H,23,26). The van der Waals surface area contributed by atoms with Crippen LogP contribution < -0.4 is 10.1 Å². The van der Waals surface area contributed by atoms with E-state index in [1.807, 2.05) is 20.8 Å². The predicted octanol–water partition coefficient (Wildman–Crippen LogP) is 4.75. The maximum Gasteiger partial charge on any atom is 0.416 e. The van der Waals surface area contributed by atoms with Gasteiger partial charge in [0.15, 0.2) is 5.82 Å². The van der Waals surface area contributed by atoms with Crippen molar-refractivity contribution >= 4 is 11.6 Å². The molecule has 0 radical (unpaired) electrons. The molecule has 0 aliphatic carbocycles. The summed E-state index contributed by atoms with van der Waals surface area (Å²) in [5.41, 5.74) is -1.10. The summed E-state index contributed by atoms with van der Waals surface area (Å²) in [6.45, 7) is 7.85. The van der Waals surface area contributed by atoms with Crippen molar-refractivity contribution in [2.75, 3.05) is 11.9 Å². The van der Waals surface area contributed by atoms with Crippen LogP contribution >= 0.6 is 0 Å². The molecule has 1 amide bonds. The lowest BCUT2D eigenvalue weighted by atomic mass is 9.96. The smallest absolute Gasteiger partial charge is 0.416 e. The first kappa shape index (κ1) is 21.7. The number of halogens is 3. The topological polar surface area (TPSA) is 77.2 Å². The predicted molar refractivity (Wildman–Crippen MR) is 97.2 cm³/mol. The van der Waals surface area contributed by atoms with Gasteiger partial charge in [0.25, 0.3) is 0 Å². The number of aryl methyl sites for hydroxylation is 1. The van der Waals surface area contributed by atoms with Crippen LogP contribution in [0.15, 0.2) is 22.7 Å². The largest absolute Gasteiger partial charge is 0.492 e. The van der Waals surface area contributed by atoms with Gasteiger partial charge in [-0.25, -0.2) is 0 Å². The summed E-state index contributed by atoms with van der Waals surface area (Å²) >= 11 is 0. The van der Waals surface area contributed by atoms with Gasteiger partial charge in [0.1, 0.15) is 5.75 Å². The Hall–Kier alpha value is -2.58. The van der Waals surface area contributed by atoms with Crippen LogP contribution in [-0.2, 0) is 22.8 Å². The summed E-state index contributed by atoms with van der Waals surface area (Å²) in [6, 6.07) is 2.99. The molecule has 2 aromatic rings. The average Bonchev–Trinajstić information content (AvgIpc) is 3.05. The van der Waals surface area contributed by atoms with Gasteiger partial charge in [-0.3, -0.25) is 4.79 Å². The Labute approximate surface area is 161 Å². The van der Waals surface area contributed by atoms with Crippen molar-refractivity contribution in [1.29, 1.82) is 0 Å². The zero-order valence-corrected chi connectivity index (χ0v) is 16.3. The monoisotopic (exact) mass is 399 g/mol. The number of carbonyl (C=O) groups is 1. The highest BCUT2D eigenvalue weighted by Gasteiger charge is 2.31. The first-order valence-electron chi connectivity index (χ1n) is 8.97. The van der Waals surface area contributed by atoms with Crippen LogP contribution in [0.3, 0.4) is 0 Å². The van der Waals surface area contributed by atoms with Gasteiger partial charge < -0.3 is 14.6 Å². The fourth-order valence-electron chi connectivity index (χ4n) is 2.36. The van der Waals surface area contributed by atoms with E-state index in [-0.39, 0.29) is 29.9 Å². The van der Waals surface area contributed by atoms with Crippen molar-refractivity contribution in [3.05, 3.63) is 35.5 Å². The SMILES string of the molecule is CCOc1ccc(C(F)(F)F)cc1NC(=O)CCCc1nc(C(C)(C)C)no1. The maximum atomic E-state index is 12.9. The van der Waals surface area contributed by atoms with E-state index in [0.29, 0.717) is 24.6 Å². The van der Waals surface area contributed by atoms with Gasteiger partial charge >= 0.3 is 6.18 Å². The fourth-order valence-corrected chi connectivity index (χ4v) is 2.36. The van der Waals surface area contributed by atoms with Gasteiger partial charge in [0, 0.05) is 18.3 Å². The molecule has 1 heterocycles. The number of alkyl halides is 3. The highest BCUT2D eigenvalue weighted by Crippen LogP contribution is 2.35. The molecule has 0 saturated heterocycles. The number of nitrogens with one attached hydrogen (secondary N) is 1. The fraction of sp³-hybridized carbons (Fsp3) is 0.526. The van der Waals surface area contributed by atoms with Crippen LogP contribution in [0.25, 0.3) is 0 Å². The van der Waals surface area contributed by atoms with E-state index in [2.05, 4.69) is 15.5 Å². The van der Waals surface area contributed by atoms with E-state index < -0.39 is 17.6 Å². The number of nitrogens with zero attached hydrogens (tertiary/aromatic N) is 2. The van der Waals surface area contributed by atoms with Crippen LogP contribution in [0.2, 0.25) is 0 Å². The molecule has 0 aliphatic rings. The number of anilines is 1. The number of carbonyl (C=O) groups excluding carboxylic acids is 1. The van der Waals surface area contributed by atoms with Gasteiger partial charge in [0.2, 0.25) is 11.8 Å². The minimum Gasteiger partial charge on any atom is -0.492 e. The second kappa shape index (κ2) is 8.62. The highest BCUT2D eigenvalue weighted by atomic mass is 19.4. The zero-order valence-electron chi connectivity index (χ0n) is 16.3. The Balaban J connectivity index is 1.97. The summed E-state index contributed by atoms with van der Waals surface area (Å²) in [7, 11) is 0. The number of rotatable bonds is 7. The second-order valence-corrected chi connectivity index (χ2v) is 7.31. The van der Waals surface area contributed by atoms with Gasteiger partial charge in [-0.1, -0.05) is 25.9 Å². The molecule has 28 heavy (non-hydrogen) atoms. The molecular formula is C19H24F3N3O3. The normalized spacial score (nSPS) is 12.1. The van der Waals surface area contributed by atoms with Gasteiger partial charge in [-0.15, -0.1) is 0 Å². The molecule has 1 N–H and O–H groups in total. The summed E-state index contributed by atoms with van der Waals surface area (Å²) in [4.78, 5) is 16.5. The van der Waals surface area contributed by atoms with Crippen LogP contribution in [0.4, 0.5) is 18.9 Å². The summed E-state index contributed by atoms with van der Waals surface area (Å²) < 4.78 is 49.2. The molecule has 1 aromatic heterocycles. The molecular weight excluding hydrogens is 375 g/mol. The summed E-state index contributed by atoms with van der Waals surface area (Å²) in [5, 5.41) is 6.40. The molecule has 1 aromatic carbocycles. The van der Waals surface area contributed by atoms with Crippen molar-refractivity contribution in [2.45, 2.75) is 58.5 Å². The van der Waals surface area contributed by atoms with Crippen molar-refractivity contribution in [3.63, 3.8) is 0 Å². The highest BCUT2D eigenvalue weighted by molar-refractivity contribution is 5.92. The molecule has 0 bridgehead atoms. The Bertz CT molecular complexity index is 811. The number of hydrogen-bond donors (Lipinski definition) is 1. The number of hydrogen-bond acceptors (Lipinski definition) is 5. The molecule has 9 heteroatoms. The van der Waals surface area contributed by atoms with Gasteiger partial charge in [-0.2, -0.15) is 18.2 Å². The van der Waals surface area contributed by atoms with Crippen LogP contribution in [0.1, 0.15) is 57.8 Å². The Morgan fingerprint density at radius 1 is 1.25 bits per heavy atom. The van der Waals surface area contributed by atoms with Crippen molar-refractivity contribution in [3.8, 4) is 5.75 Å². The lowest BCUT2D eigenvalue weighted by Crippen LogP contribution is -2.14. The van der Waals surface area contributed by atoms with Crippen LogP contribution in [0, 0.1) is 0 Å². The van der Waals surface area contributed by atoms with Gasteiger partial charge in [0.05, 0.1) is 17.9 Å². The van der Waals surface area contributed by atoms with E-state index in [4.69, 9.17) is 9.26 Å². The van der Waals surface area contributed by atoms with E-state index in [9.17, 15) is 18.0 Å². The minimum absolute atomic E-state index is 0.00511. The quantitative estimate of drug-likeness (QED) is 0.727. The molecule has 0 fully saturated rings. The number of amides is 1. The lowest BCUT2D eigenvalue weighted by Gasteiger charge is -2.14. The first-order chi connectivity index (χ1) is 13.0. The van der Waals surface area contributed by atoms with Crippen LogP contribution in [0.5, 0.6) is 5.75 Å². The lowest BCUT2D eigenvalue weighted by molar-refractivity contribution is -0.137. The van der Waals surface area contributed by atoms with E-state index in [1.165, 1.54) is 6.07 Å². The second-order valence-electron chi connectivity index (χ2n) is 7.31. The molecule has 0 saturated carbocycles. The Morgan fingerprint density at radius 2 is 1.96 bits per heavy atom. The first-order valence-corrected chi connectivity index (χ1v) is 8.97. The van der Waals surface area contributed by atoms with Gasteiger partial charge in [-0.05, 0) is 31.5 Å². The summed E-state index contributed by atoms with van der Waals surface area (Å²) in [5.74, 6) is 0.774. The number of aromatic nitrogens is 2. The molecule has 0 spiro atoms. The molecule has 0 aliphatic heterocycles. The van der Waals surface area contributed by atoms with E-state index in [0.717, 1.165) is 12.1 Å².